The first-order valence-corrected chi connectivity index (χ1v) is 11.1. The van der Waals surface area contributed by atoms with Crippen molar-refractivity contribution in [3.05, 3.63) is 48.2 Å². The summed E-state index contributed by atoms with van der Waals surface area (Å²) in [6, 6.07) is 12.2. The molecule has 4 bridgehead atoms. The number of pyridine rings is 1. The number of rotatable bonds is 3. The minimum absolute atomic E-state index is 0.0165. The smallest absolute Gasteiger partial charge is 0.317 e. The molecule has 0 atom stereocenters. The number of carbonyl (C=O) groups is 1. The Balaban J connectivity index is 1.41. The number of hydrogen-bond donors (Lipinski definition) is 0. The zero-order chi connectivity index (χ0) is 20.2. The van der Waals surface area contributed by atoms with Crippen molar-refractivity contribution in [3.8, 4) is 17.0 Å². The molecule has 3 nitrogen and oxygen atoms in total. The third kappa shape index (κ3) is 3.39. The molecule has 2 aromatic rings. The molecule has 1 aromatic heterocycles. The van der Waals surface area contributed by atoms with Crippen molar-refractivity contribution in [3.63, 3.8) is 0 Å². The lowest BCUT2D eigenvalue weighted by atomic mass is 9.49. The largest absolute Gasteiger partial charge is 0.424 e. The fourth-order valence-corrected chi connectivity index (χ4v) is 6.39. The van der Waals surface area contributed by atoms with Gasteiger partial charge in [-0.3, -0.25) is 9.78 Å². The summed E-state index contributed by atoms with van der Waals surface area (Å²) in [5.41, 5.74) is 2.89. The van der Waals surface area contributed by atoms with Crippen LogP contribution in [0.15, 0.2) is 42.6 Å². The Morgan fingerprint density at radius 2 is 1.55 bits per heavy atom. The molecule has 4 fully saturated rings. The molecule has 6 rings (SSSR count). The molecule has 4 aliphatic rings. The second kappa shape index (κ2) is 6.68. The van der Waals surface area contributed by atoms with Gasteiger partial charge in [-0.05, 0) is 79.4 Å². The van der Waals surface area contributed by atoms with Gasteiger partial charge in [-0.15, -0.1) is 0 Å². The number of aromatic nitrogens is 1. The van der Waals surface area contributed by atoms with E-state index < -0.39 is 0 Å². The van der Waals surface area contributed by atoms with E-state index in [2.05, 4.69) is 50.0 Å². The summed E-state index contributed by atoms with van der Waals surface area (Å²) in [6.07, 6.45) is 8.81. The zero-order valence-corrected chi connectivity index (χ0v) is 17.8. The maximum absolute atomic E-state index is 13.4. The maximum atomic E-state index is 13.4. The number of carbonyl (C=O) groups excluding carboxylic acids is 1. The average Bonchev–Trinajstić information content (AvgIpc) is 2.67. The van der Waals surface area contributed by atoms with Gasteiger partial charge in [0, 0.05) is 11.8 Å². The number of hydrogen-bond acceptors (Lipinski definition) is 3. The summed E-state index contributed by atoms with van der Waals surface area (Å²) in [5.74, 6) is 2.76. The lowest BCUT2D eigenvalue weighted by Crippen LogP contribution is -2.51. The van der Waals surface area contributed by atoms with Gasteiger partial charge in [0.25, 0.3) is 0 Å². The van der Waals surface area contributed by atoms with E-state index in [0.717, 1.165) is 48.3 Å². The van der Waals surface area contributed by atoms with E-state index in [1.54, 1.807) is 6.20 Å². The summed E-state index contributed by atoms with van der Waals surface area (Å²) in [4.78, 5) is 17.9. The molecule has 4 aliphatic carbocycles. The Morgan fingerprint density at radius 3 is 2.10 bits per heavy atom. The zero-order valence-electron chi connectivity index (χ0n) is 17.8. The highest BCUT2D eigenvalue weighted by atomic mass is 16.5. The van der Waals surface area contributed by atoms with Crippen LogP contribution in [0.25, 0.3) is 11.3 Å². The lowest BCUT2D eigenvalue weighted by molar-refractivity contribution is -0.161. The molecule has 29 heavy (non-hydrogen) atoms. The Hall–Kier alpha value is -2.16. The third-order valence-electron chi connectivity index (χ3n) is 7.47. The topological polar surface area (TPSA) is 39.2 Å². The van der Waals surface area contributed by atoms with Crippen molar-refractivity contribution in [1.29, 1.82) is 0 Å². The molecule has 0 N–H and O–H groups in total. The van der Waals surface area contributed by atoms with Crippen LogP contribution in [0.1, 0.15) is 64.9 Å². The summed E-state index contributed by atoms with van der Waals surface area (Å²) in [7, 11) is 0. The Bertz CT molecular complexity index is 887. The molecule has 4 saturated carbocycles. The number of nitrogens with zero attached hydrogens (tertiary/aromatic N) is 1. The molecule has 0 aliphatic heterocycles. The van der Waals surface area contributed by atoms with Crippen LogP contribution >= 0.6 is 0 Å². The fraction of sp³-hybridized carbons (Fsp3) is 0.538. The van der Waals surface area contributed by atoms with Gasteiger partial charge >= 0.3 is 5.97 Å². The van der Waals surface area contributed by atoms with E-state index in [9.17, 15) is 4.79 Å². The summed E-state index contributed by atoms with van der Waals surface area (Å²) in [6.45, 7) is 6.63. The molecule has 3 heteroatoms. The highest BCUT2D eigenvalue weighted by Crippen LogP contribution is 2.60. The quantitative estimate of drug-likeness (QED) is 0.590. The van der Waals surface area contributed by atoms with Gasteiger partial charge in [-0.1, -0.05) is 45.0 Å². The predicted molar refractivity (Wildman–Crippen MR) is 115 cm³/mol. The van der Waals surface area contributed by atoms with Crippen LogP contribution in [0.4, 0.5) is 0 Å². The number of esters is 1. The molecule has 0 unspecified atom stereocenters. The highest BCUT2D eigenvalue weighted by molar-refractivity contribution is 5.82. The molecule has 0 radical (unpaired) electrons. The summed E-state index contributed by atoms with van der Waals surface area (Å²) in [5, 5.41) is 0. The maximum Gasteiger partial charge on any atom is 0.317 e. The number of ether oxygens (including phenoxy) is 1. The highest BCUT2D eigenvalue weighted by Gasteiger charge is 2.55. The van der Waals surface area contributed by atoms with Gasteiger partial charge in [0.15, 0.2) is 5.75 Å². The Labute approximate surface area is 173 Å². The van der Waals surface area contributed by atoms with Crippen LogP contribution in [-0.4, -0.2) is 11.0 Å². The normalized spacial score (nSPS) is 30.4. The number of benzene rings is 1. The van der Waals surface area contributed by atoms with Crippen LogP contribution in [0, 0.1) is 23.2 Å². The SMILES string of the molecule is CC(C)(C)c1ccc(-c2ncccc2OC(=O)C23CC4CC(CC(C4)C2)C3)cc1. The van der Waals surface area contributed by atoms with E-state index in [-0.39, 0.29) is 16.8 Å². The van der Waals surface area contributed by atoms with Gasteiger partial charge in [0.05, 0.1) is 5.41 Å². The van der Waals surface area contributed by atoms with Gasteiger partial charge in [-0.25, -0.2) is 0 Å². The van der Waals surface area contributed by atoms with Gasteiger partial charge in [-0.2, -0.15) is 0 Å². The van der Waals surface area contributed by atoms with Gasteiger partial charge in [0.1, 0.15) is 5.69 Å². The van der Waals surface area contributed by atoms with Crippen LogP contribution in [0.2, 0.25) is 0 Å². The molecular formula is C26H31NO2. The molecule has 1 aromatic carbocycles. The minimum atomic E-state index is -0.252. The Morgan fingerprint density at radius 1 is 0.966 bits per heavy atom. The standard InChI is InChI=1S/C26H31NO2/c1-25(2,3)21-8-6-20(7-9-21)23-22(5-4-10-27-23)29-24(28)26-14-17-11-18(15-26)13-19(12-17)16-26/h4-10,17-19H,11-16H2,1-3H3. The van der Waals surface area contributed by atoms with Crippen molar-refractivity contribution in [2.45, 2.75) is 64.7 Å². The van der Waals surface area contributed by atoms with Gasteiger partial charge < -0.3 is 4.74 Å². The second-order valence-corrected chi connectivity index (χ2v) is 10.8. The van der Waals surface area contributed by atoms with E-state index in [4.69, 9.17) is 4.74 Å². The second-order valence-electron chi connectivity index (χ2n) is 10.8. The van der Waals surface area contributed by atoms with Crippen molar-refractivity contribution >= 4 is 5.97 Å². The molecule has 0 spiro atoms. The van der Waals surface area contributed by atoms with Gasteiger partial charge in [0.2, 0.25) is 0 Å². The molecule has 1 heterocycles. The van der Waals surface area contributed by atoms with Crippen molar-refractivity contribution in [1.82, 2.24) is 4.98 Å². The van der Waals surface area contributed by atoms with Crippen molar-refractivity contribution in [2.75, 3.05) is 0 Å². The molecule has 152 valence electrons. The monoisotopic (exact) mass is 389 g/mol. The fourth-order valence-electron chi connectivity index (χ4n) is 6.39. The van der Waals surface area contributed by atoms with E-state index in [1.807, 2.05) is 12.1 Å². The van der Waals surface area contributed by atoms with Crippen LogP contribution < -0.4 is 4.74 Å². The van der Waals surface area contributed by atoms with Crippen LogP contribution in [0.3, 0.4) is 0 Å². The lowest BCUT2D eigenvalue weighted by Gasteiger charge is -2.55. The van der Waals surface area contributed by atoms with E-state index in [0.29, 0.717) is 5.75 Å². The third-order valence-corrected chi connectivity index (χ3v) is 7.47. The summed E-state index contributed by atoms with van der Waals surface area (Å²) >= 11 is 0. The van der Waals surface area contributed by atoms with Crippen molar-refractivity contribution in [2.24, 2.45) is 23.2 Å². The summed E-state index contributed by atoms with van der Waals surface area (Å²) < 4.78 is 6.08. The van der Waals surface area contributed by atoms with Crippen LogP contribution in [0.5, 0.6) is 5.75 Å². The Kier molecular flexibility index (Phi) is 4.34. The molecular weight excluding hydrogens is 358 g/mol. The predicted octanol–water partition coefficient (Wildman–Crippen LogP) is 6.17. The van der Waals surface area contributed by atoms with Crippen LogP contribution in [-0.2, 0) is 10.2 Å². The molecule has 0 saturated heterocycles. The minimum Gasteiger partial charge on any atom is -0.424 e. The first-order chi connectivity index (χ1) is 13.8. The van der Waals surface area contributed by atoms with E-state index in [1.165, 1.54) is 24.8 Å². The van der Waals surface area contributed by atoms with Crippen molar-refractivity contribution < 1.29 is 9.53 Å². The van der Waals surface area contributed by atoms with E-state index >= 15 is 0 Å². The first-order valence-electron chi connectivity index (χ1n) is 11.1. The average molecular weight is 390 g/mol. The first kappa shape index (κ1) is 18.8. The molecule has 0 amide bonds.